The third-order valence-corrected chi connectivity index (χ3v) is 4.13. The molecule has 0 atom stereocenters. The predicted octanol–water partition coefficient (Wildman–Crippen LogP) is 2.10. The van der Waals surface area contributed by atoms with E-state index in [-0.39, 0.29) is 11.7 Å². The number of rotatable bonds is 5. The number of hydrazone groups is 1. The largest absolute Gasteiger partial charge is 0.369 e. The zero-order valence-corrected chi connectivity index (χ0v) is 13.9. The van der Waals surface area contributed by atoms with E-state index < -0.39 is 0 Å². The summed E-state index contributed by atoms with van der Waals surface area (Å²) >= 11 is 0. The number of benzene rings is 2. The summed E-state index contributed by atoms with van der Waals surface area (Å²) in [6.45, 7) is 3.80. The van der Waals surface area contributed by atoms with Crippen molar-refractivity contribution in [1.82, 2.24) is 10.3 Å². The summed E-state index contributed by atoms with van der Waals surface area (Å²) in [7, 11) is 0. The van der Waals surface area contributed by atoms with Gasteiger partial charge in [0.05, 0.1) is 12.8 Å². The molecule has 0 aromatic heterocycles. The van der Waals surface area contributed by atoms with Crippen LogP contribution in [0.15, 0.2) is 59.7 Å². The molecule has 6 heteroatoms. The molecule has 5 nitrogen and oxygen atoms in total. The molecule has 0 unspecified atom stereocenters. The summed E-state index contributed by atoms with van der Waals surface area (Å²) in [5.41, 5.74) is 4.47. The van der Waals surface area contributed by atoms with Crippen LogP contribution < -0.4 is 10.3 Å². The Morgan fingerprint density at radius 3 is 2.40 bits per heavy atom. The molecule has 130 valence electrons. The Labute approximate surface area is 146 Å². The summed E-state index contributed by atoms with van der Waals surface area (Å²) < 4.78 is 12.8. The molecule has 1 aliphatic rings. The first-order valence-corrected chi connectivity index (χ1v) is 8.30. The van der Waals surface area contributed by atoms with Gasteiger partial charge in [-0.15, -0.1) is 0 Å². The minimum Gasteiger partial charge on any atom is -0.369 e. The summed E-state index contributed by atoms with van der Waals surface area (Å²) in [6.07, 6.45) is 1.50. The maximum Gasteiger partial charge on any atom is 0.254 e. The number of hydrogen-bond donors (Lipinski definition) is 1. The summed E-state index contributed by atoms with van der Waals surface area (Å²) in [5, 5.41) is 3.92. The molecule has 1 N–H and O–H groups in total. The molecule has 25 heavy (non-hydrogen) atoms. The minimum absolute atomic E-state index is 0.147. The highest BCUT2D eigenvalue weighted by Gasteiger charge is 2.18. The molecule has 0 saturated carbocycles. The van der Waals surface area contributed by atoms with Crippen LogP contribution in [0.1, 0.15) is 5.56 Å². The average molecular weight is 340 g/mol. The fourth-order valence-electron chi connectivity index (χ4n) is 2.77. The number of nitrogens with one attached hydrogen (secondary N) is 1. The highest BCUT2D eigenvalue weighted by molar-refractivity contribution is 5.83. The average Bonchev–Trinajstić information content (AvgIpc) is 2.65. The monoisotopic (exact) mass is 340 g/mol. The van der Waals surface area contributed by atoms with Crippen LogP contribution in [-0.4, -0.2) is 49.7 Å². The molecular formula is C19H21FN4O. The van der Waals surface area contributed by atoms with Gasteiger partial charge in [-0.1, -0.05) is 30.3 Å². The van der Waals surface area contributed by atoms with E-state index in [1.165, 1.54) is 24.0 Å². The van der Waals surface area contributed by atoms with Gasteiger partial charge in [-0.25, -0.2) is 9.82 Å². The minimum atomic E-state index is -0.296. The Morgan fingerprint density at radius 2 is 1.72 bits per heavy atom. The zero-order valence-electron chi connectivity index (χ0n) is 13.9. The second kappa shape index (κ2) is 8.39. The van der Waals surface area contributed by atoms with Gasteiger partial charge in [-0.05, 0) is 29.8 Å². The Balaban J connectivity index is 1.41. The molecule has 1 saturated heterocycles. The standard InChI is InChI=1S/C19H21FN4O/c20-17-8-6-16(7-9-17)14-21-22-19(25)15-23-10-12-24(13-11-23)18-4-2-1-3-5-18/h1-9,14H,10-13,15H2,(H,22,25)/b21-14+. The van der Waals surface area contributed by atoms with E-state index in [0.29, 0.717) is 6.54 Å². The number of para-hydroxylation sites is 1. The molecule has 0 spiro atoms. The van der Waals surface area contributed by atoms with Crippen molar-refractivity contribution in [3.05, 3.63) is 66.0 Å². The number of amides is 1. The zero-order chi connectivity index (χ0) is 17.5. The van der Waals surface area contributed by atoms with Crippen molar-refractivity contribution in [2.45, 2.75) is 0 Å². The Bertz CT molecular complexity index is 710. The normalized spacial score (nSPS) is 15.5. The Kier molecular flexibility index (Phi) is 5.74. The van der Waals surface area contributed by atoms with Gasteiger partial charge in [-0.2, -0.15) is 5.10 Å². The highest BCUT2D eigenvalue weighted by atomic mass is 19.1. The Morgan fingerprint density at radius 1 is 1.04 bits per heavy atom. The smallest absolute Gasteiger partial charge is 0.254 e. The molecule has 1 amide bonds. The predicted molar refractivity (Wildman–Crippen MR) is 97.2 cm³/mol. The third kappa shape index (κ3) is 5.12. The van der Waals surface area contributed by atoms with Crippen LogP contribution in [0.2, 0.25) is 0 Å². The number of nitrogens with zero attached hydrogens (tertiary/aromatic N) is 3. The van der Waals surface area contributed by atoms with Gasteiger partial charge < -0.3 is 4.90 Å². The molecule has 1 heterocycles. The lowest BCUT2D eigenvalue weighted by atomic mass is 10.2. The van der Waals surface area contributed by atoms with Gasteiger partial charge in [0.1, 0.15) is 5.82 Å². The first-order valence-electron chi connectivity index (χ1n) is 8.30. The fourth-order valence-corrected chi connectivity index (χ4v) is 2.77. The molecule has 3 rings (SSSR count). The lowest BCUT2D eigenvalue weighted by Gasteiger charge is -2.35. The first kappa shape index (κ1) is 17.1. The van der Waals surface area contributed by atoms with E-state index in [4.69, 9.17) is 0 Å². The number of halogens is 1. The first-order chi connectivity index (χ1) is 12.2. The van der Waals surface area contributed by atoms with E-state index in [0.717, 1.165) is 31.7 Å². The van der Waals surface area contributed by atoms with Crippen LogP contribution in [0.3, 0.4) is 0 Å². The van der Waals surface area contributed by atoms with Gasteiger partial charge in [0.15, 0.2) is 0 Å². The lowest BCUT2D eigenvalue weighted by molar-refractivity contribution is -0.122. The summed E-state index contributed by atoms with van der Waals surface area (Å²) in [5.74, 6) is -0.442. The van der Waals surface area contributed by atoms with E-state index in [2.05, 4.69) is 32.5 Å². The maximum atomic E-state index is 12.8. The molecule has 2 aromatic carbocycles. The number of carbonyl (C=O) groups excluding carboxylic acids is 1. The van der Waals surface area contributed by atoms with Gasteiger partial charge >= 0.3 is 0 Å². The van der Waals surface area contributed by atoms with Crippen LogP contribution in [-0.2, 0) is 4.79 Å². The van der Waals surface area contributed by atoms with Crippen molar-refractivity contribution in [3.8, 4) is 0 Å². The van der Waals surface area contributed by atoms with E-state index in [1.54, 1.807) is 12.1 Å². The molecule has 1 fully saturated rings. The van der Waals surface area contributed by atoms with E-state index in [9.17, 15) is 9.18 Å². The van der Waals surface area contributed by atoms with E-state index in [1.807, 2.05) is 18.2 Å². The maximum absolute atomic E-state index is 12.8. The molecule has 0 aliphatic carbocycles. The van der Waals surface area contributed by atoms with Gasteiger partial charge in [-0.3, -0.25) is 9.69 Å². The fraction of sp³-hybridized carbons (Fsp3) is 0.263. The molecule has 1 aliphatic heterocycles. The number of anilines is 1. The quantitative estimate of drug-likeness (QED) is 0.670. The lowest BCUT2D eigenvalue weighted by Crippen LogP contribution is -2.49. The number of piperazine rings is 1. The van der Waals surface area contributed by atoms with Gasteiger partial charge in [0.25, 0.3) is 5.91 Å². The topological polar surface area (TPSA) is 47.9 Å². The van der Waals surface area contributed by atoms with Gasteiger partial charge in [0.2, 0.25) is 0 Å². The van der Waals surface area contributed by atoms with E-state index >= 15 is 0 Å². The van der Waals surface area contributed by atoms with Crippen LogP contribution in [0.5, 0.6) is 0 Å². The summed E-state index contributed by atoms with van der Waals surface area (Å²) in [4.78, 5) is 16.4. The van der Waals surface area contributed by atoms with Crippen molar-refractivity contribution >= 4 is 17.8 Å². The highest BCUT2D eigenvalue weighted by Crippen LogP contribution is 2.15. The van der Waals surface area contributed by atoms with Crippen molar-refractivity contribution in [2.75, 3.05) is 37.6 Å². The van der Waals surface area contributed by atoms with Crippen LogP contribution in [0, 0.1) is 5.82 Å². The Hall–Kier alpha value is -2.73. The second-order valence-corrected chi connectivity index (χ2v) is 5.94. The van der Waals surface area contributed by atoms with Crippen molar-refractivity contribution in [1.29, 1.82) is 0 Å². The van der Waals surface area contributed by atoms with Crippen molar-refractivity contribution in [3.63, 3.8) is 0 Å². The molecule has 0 bridgehead atoms. The third-order valence-electron chi connectivity index (χ3n) is 4.13. The van der Waals surface area contributed by atoms with Crippen molar-refractivity contribution < 1.29 is 9.18 Å². The summed E-state index contributed by atoms with van der Waals surface area (Å²) in [6, 6.07) is 16.2. The van der Waals surface area contributed by atoms with Crippen molar-refractivity contribution in [2.24, 2.45) is 5.10 Å². The SMILES string of the molecule is O=C(CN1CCN(c2ccccc2)CC1)N/N=C/c1ccc(F)cc1. The molecule has 0 radical (unpaired) electrons. The number of hydrogen-bond acceptors (Lipinski definition) is 4. The van der Waals surface area contributed by atoms with Crippen LogP contribution >= 0.6 is 0 Å². The molecule has 2 aromatic rings. The second-order valence-electron chi connectivity index (χ2n) is 5.94. The van der Waals surface area contributed by atoms with Gasteiger partial charge in [0, 0.05) is 31.9 Å². The number of carbonyl (C=O) groups is 1. The van der Waals surface area contributed by atoms with Crippen LogP contribution in [0.4, 0.5) is 10.1 Å². The molecular weight excluding hydrogens is 319 g/mol. The van der Waals surface area contributed by atoms with Crippen LogP contribution in [0.25, 0.3) is 0 Å².